The Hall–Kier alpha value is -1.63. The smallest absolute Gasteiger partial charge is 0.337 e. The molecule has 20 heavy (non-hydrogen) atoms. The summed E-state index contributed by atoms with van der Waals surface area (Å²) in [5.41, 5.74) is -0.149. The van der Waals surface area contributed by atoms with Crippen LogP contribution in [0.1, 0.15) is 10.4 Å². The van der Waals surface area contributed by atoms with Crippen molar-refractivity contribution in [2.75, 3.05) is 13.1 Å². The third-order valence-corrected chi connectivity index (χ3v) is 4.61. The second-order valence-corrected chi connectivity index (χ2v) is 6.19. The van der Waals surface area contributed by atoms with Crippen LogP contribution in [0, 0.1) is 0 Å². The standard InChI is InChI=1S/C13H14ClNO4S/c1-3-7-15(8-4-2)20(18,19)10-5-6-11(13(16)17)12(14)9-10/h3-6,9H,1-2,7-8H2,(H,16,17). The summed E-state index contributed by atoms with van der Waals surface area (Å²) in [5.74, 6) is -1.21. The molecule has 5 nitrogen and oxygen atoms in total. The van der Waals surface area contributed by atoms with Crippen LogP contribution >= 0.6 is 11.6 Å². The molecule has 0 unspecified atom stereocenters. The van der Waals surface area contributed by atoms with Gasteiger partial charge in [0.15, 0.2) is 0 Å². The Labute approximate surface area is 122 Å². The van der Waals surface area contributed by atoms with Gasteiger partial charge in [-0.15, -0.1) is 13.2 Å². The van der Waals surface area contributed by atoms with Crippen LogP contribution in [-0.2, 0) is 10.0 Å². The van der Waals surface area contributed by atoms with Crippen molar-refractivity contribution in [3.8, 4) is 0 Å². The van der Waals surface area contributed by atoms with Gasteiger partial charge in [0.2, 0.25) is 10.0 Å². The molecule has 1 rings (SSSR count). The third-order valence-electron chi connectivity index (χ3n) is 2.47. The van der Waals surface area contributed by atoms with Gasteiger partial charge in [-0.25, -0.2) is 13.2 Å². The van der Waals surface area contributed by atoms with Gasteiger partial charge in [-0.05, 0) is 18.2 Å². The minimum atomic E-state index is -3.78. The number of carboxylic acids is 1. The maximum absolute atomic E-state index is 12.4. The van der Waals surface area contributed by atoms with Crippen LogP contribution in [0.5, 0.6) is 0 Å². The molecule has 0 aliphatic carbocycles. The average Bonchev–Trinajstić information content (AvgIpc) is 2.37. The van der Waals surface area contributed by atoms with Crippen LogP contribution in [-0.4, -0.2) is 36.9 Å². The lowest BCUT2D eigenvalue weighted by atomic mass is 10.2. The monoisotopic (exact) mass is 315 g/mol. The van der Waals surface area contributed by atoms with Gasteiger partial charge in [0.1, 0.15) is 0 Å². The zero-order chi connectivity index (χ0) is 15.3. The molecule has 1 N–H and O–H groups in total. The molecule has 0 aliphatic heterocycles. The lowest BCUT2D eigenvalue weighted by molar-refractivity contribution is 0.0697. The topological polar surface area (TPSA) is 74.7 Å². The number of hydrogen-bond donors (Lipinski definition) is 1. The van der Waals surface area contributed by atoms with Crippen LogP contribution in [0.2, 0.25) is 5.02 Å². The van der Waals surface area contributed by atoms with Crippen LogP contribution in [0.25, 0.3) is 0 Å². The van der Waals surface area contributed by atoms with Gasteiger partial charge in [0.25, 0.3) is 0 Å². The number of hydrogen-bond acceptors (Lipinski definition) is 3. The van der Waals surface area contributed by atoms with Crippen molar-refractivity contribution >= 4 is 27.6 Å². The lowest BCUT2D eigenvalue weighted by Gasteiger charge is -2.19. The summed E-state index contributed by atoms with van der Waals surface area (Å²) in [4.78, 5) is 10.8. The van der Waals surface area contributed by atoms with Crippen molar-refractivity contribution in [3.05, 3.63) is 54.1 Å². The van der Waals surface area contributed by atoms with E-state index in [1.54, 1.807) is 0 Å². The molecule has 0 atom stereocenters. The summed E-state index contributed by atoms with van der Waals surface area (Å²) < 4.78 is 25.9. The van der Waals surface area contributed by atoms with E-state index in [4.69, 9.17) is 16.7 Å². The highest BCUT2D eigenvalue weighted by Gasteiger charge is 2.23. The van der Waals surface area contributed by atoms with Crippen LogP contribution in [0.15, 0.2) is 48.4 Å². The minimum absolute atomic E-state index is 0.0730. The lowest BCUT2D eigenvalue weighted by Crippen LogP contribution is -2.31. The molecule has 0 amide bonds. The molecule has 0 radical (unpaired) electrons. The Morgan fingerprint density at radius 1 is 1.30 bits per heavy atom. The molecular weight excluding hydrogens is 302 g/mol. The molecule has 0 heterocycles. The number of nitrogens with zero attached hydrogens (tertiary/aromatic N) is 1. The van der Waals surface area contributed by atoms with Gasteiger partial charge in [-0.2, -0.15) is 4.31 Å². The van der Waals surface area contributed by atoms with E-state index >= 15 is 0 Å². The highest BCUT2D eigenvalue weighted by atomic mass is 35.5. The maximum Gasteiger partial charge on any atom is 0.337 e. The SMILES string of the molecule is C=CCN(CC=C)S(=O)(=O)c1ccc(C(=O)O)c(Cl)c1. The highest BCUT2D eigenvalue weighted by Crippen LogP contribution is 2.23. The summed E-state index contributed by atoms with van der Waals surface area (Å²) in [5, 5.41) is 8.74. The van der Waals surface area contributed by atoms with Gasteiger partial charge < -0.3 is 5.11 Å². The van der Waals surface area contributed by atoms with Crippen molar-refractivity contribution in [2.24, 2.45) is 0 Å². The molecular formula is C13H14ClNO4S. The molecule has 0 bridgehead atoms. The van der Waals surface area contributed by atoms with Crippen LogP contribution < -0.4 is 0 Å². The molecule has 0 aromatic heterocycles. The number of carbonyl (C=O) groups is 1. The largest absolute Gasteiger partial charge is 0.478 e. The molecule has 0 saturated carbocycles. The normalized spacial score (nSPS) is 11.3. The van der Waals surface area contributed by atoms with E-state index in [2.05, 4.69) is 13.2 Å². The number of halogens is 1. The molecule has 0 saturated heterocycles. The van der Waals surface area contributed by atoms with E-state index in [9.17, 15) is 13.2 Å². The van der Waals surface area contributed by atoms with E-state index < -0.39 is 16.0 Å². The van der Waals surface area contributed by atoms with Crippen molar-refractivity contribution < 1.29 is 18.3 Å². The highest BCUT2D eigenvalue weighted by molar-refractivity contribution is 7.89. The van der Waals surface area contributed by atoms with E-state index in [-0.39, 0.29) is 28.6 Å². The number of sulfonamides is 1. The first-order chi connectivity index (χ1) is 9.34. The van der Waals surface area contributed by atoms with Crippen molar-refractivity contribution in [2.45, 2.75) is 4.90 Å². The van der Waals surface area contributed by atoms with Crippen molar-refractivity contribution in [1.82, 2.24) is 4.31 Å². The van der Waals surface area contributed by atoms with Gasteiger partial charge in [-0.1, -0.05) is 23.8 Å². The Kier molecular flexibility index (Phi) is 5.50. The molecule has 1 aromatic carbocycles. The molecule has 1 aromatic rings. The molecule has 0 fully saturated rings. The quantitative estimate of drug-likeness (QED) is 0.784. The van der Waals surface area contributed by atoms with Crippen molar-refractivity contribution in [1.29, 1.82) is 0 Å². The number of benzene rings is 1. The Balaban J connectivity index is 3.27. The third kappa shape index (κ3) is 3.47. The maximum atomic E-state index is 12.4. The fourth-order valence-electron chi connectivity index (χ4n) is 1.54. The molecule has 0 spiro atoms. The van der Waals surface area contributed by atoms with E-state index in [0.29, 0.717) is 0 Å². The Bertz CT molecular complexity index is 630. The first-order valence-corrected chi connectivity index (χ1v) is 7.41. The van der Waals surface area contributed by atoms with Gasteiger partial charge in [0, 0.05) is 13.1 Å². The zero-order valence-electron chi connectivity index (χ0n) is 10.6. The predicted molar refractivity (Wildman–Crippen MR) is 77.6 cm³/mol. The Morgan fingerprint density at radius 3 is 2.25 bits per heavy atom. The fraction of sp³-hybridized carbons (Fsp3) is 0.154. The first-order valence-electron chi connectivity index (χ1n) is 5.59. The Morgan fingerprint density at radius 2 is 1.85 bits per heavy atom. The number of carboxylic acid groups (broad SMARTS) is 1. The van der Waals surface area contributed by atoms with E-state index in [0.717, 1.165) is 16.4 Å². The summed E-state index contributed by atoms with van der Waals surface area (Å²) >= 11 is 5.79. The summed E-state index contributed by atoms with van der Waals surface area (Å²) in [6.07, 6.45) is 2.91. The van der Waals surface area contributed by atoms with Gasteiger partial charge in [-0.3, -0.25) is 0 Å². The zero-order valence-corrected chi connectivity index (χ0v) is 12.2. The molecule has 0 aliphatic rings. The van der Waals surface area contributed by atoms with Gasteiger partial charge >= 0.3 is 5.97 Å². The molecule has 7 heteroatoms. The van der Waals surface area contributed by atoms with Crippen LogP contribution in [0.3, 0.4) is 0 Å². The summed E-state index contributed by atoms with van der Waals surface area (Å²) in [6, 6.07) is 3.50. The summed E-state index contributed by atoms with van der Waals surface area (Å²) in [6.45, 7) is 7.24. The second kappa shape index (κ2) is 6.69. The number of rotatable bonds is 7. The summed E-state index contributed by atoms with van der Waals surface area (Å²) in [7, 11) is -3.78. The second-order valence-electron chi connectivity index (χ2n) is 3.85. The average molecular weight is 316 g/mol. The molecule has 108 valence electrons. The predicted octanol–water partition coefficient (Wildman–Crippen LogP) is 2.40. The van der Waals surface area contributed by atoms with E-state index in [1.165, 1.54) is 18.2 Å². The van der Waals surface area contributed by atoms with Crippen LogP contribution in [0.4, 0.5) is 0 Å². The minimum Gasteiger partial charge on any atom is -0.478 e. The fourth-order valence-corrected chi connectivity index (χ4v) is 3.27. The van der Waals surface area contributed by atoms with E-state index in [1.807, 2.05) is 0 Å². The first kappa shape index (κ1) is 16.4. The van der Waals surface area contributed by atoms with Gasteiger partial charge in [0.05, 0.1) is 15.5 Å². The van der Waals surface area contributed by atoms with Crippen molar-refractivity contribution in [3.63, 3.8) is 0 Å². The number of aromatic carboxylic acids is 1.